The number of carbonyl (C=O) groups excluding carboxylic acids is 3. The zero-order valence-electron chi connectivity index (χ0n) is 18.9. The molecule has 7 nitrogen and oxygen atoms in total. The highest BCUT2D eigenvalue weighted by Crippen LogP contribution is 2.27. The number of ether oxygens (including phenoxy) is 1. The molecule has 0 radical (unpaired) electrons. The zero-order chi connectivity index (χ0) is 24.2. The lowest BCUT2D eigenvalue weighted by atomic mass is 10.1. The molecule has 0 saturated carbocycles. The molecular weight excluding hydrogens is 444 g/mol. The van der Waals surface area contributed by atoms with Gasteiger partial charge in [0.25, 0.3) is 5.91 Å². The summed E-state index contributed by atoms with van der Waals surface area (Å²) in [6.45, 7) is 0.904. The maximum atomic E-state index is 14.2. The van der Waals surface area contributed by atoms with Crippen molar-refractivity contribution in [3.63, 3.8) is 0 Å². The highest BCUT2D eigenvalue weighted by molar-refractivity contribution is 5.99. The van der Waals surface area contributed by atoms with Gasteiger partial charge in [-0.25, -0.2) is 8.78 Å². The van der Waals surface area contributed by atoms with Gasteiger partial charge in [-0.1, -0.05) is 18.2 Å². The number of hydrogen-bond acceptors (Lipinski definition) is 4. The Hall–Kier alpha value is -3.49. The van der Waals surface area contributed by atoms with E-state index in [0.717, 1.165) is 17.7 Å². The minimum Gasteiger partial charge on any atom is -0.497 e. The van der Waals surface area contributed by atoms with E-state index < -0.39 is 35.2 Å². The Morgan fingerprint density at radius 3 is 2.32 bits per heavy atom. The first-order valence-corrected chi connectivity index (χ1v) is 11.4. The van der Waals surface area contributed by atoms with Crippen molar-refractivity contribution in [3.05, 3.63) is 65.2 Å². The van der Waals surface area contributed by atoms with Crippen molar-refractivity contribution in [1.82, 2.24) is 15.1 Å². The Morgan fingerprint density at radius 1 is 0.971 bits per heavy atom. The topological polar surface area (TPSA) is 79.0 Å². The Bertz CT molecular complexity index is 1070. The maximum absolute atomic E-state index is 14.2. The smallest absolute Gasteiger partial charge is 0.260 e. The number of hydrogen-bond donors (Lipinski definition) is 1. The SMILES string of the molecule is COc1cccc(CNC(=O)[C@H]2CCCN2C(=O)[C@H]2CCCN2C(=O)c2c(F)cccc2F)c1. The molecule has 2 aromatic carbocycles. The summed E-state index contributed by atoms with van der Waals surface area (Å²) in [4.78, 5) is 42.0. The third-order valence-electron chi connectivity index (χ3n) is 6.41. The van der Waals surface area contributed by atoms with Crippen molar-refractivity contribution < 1.29 is 27.9 Å². The van der Waals surface area contributed by atoms with Crippen molar-refractivity contribution in [1.29, 1.82) is 0 Å². The first-order valence-electron chi connectivity index (χ1n) is 11.4. The van der Waals surface area contributed by atoms with Gasteiger partial charge in [0.2, 0.25) is 11.8 Å². The molecule has 4 rings (SSSR count). The predicted octanol–water partition coefficient (Wildman–Crippen LogP) is 2.89. The molecule has 0 aliphatic carbocycles. The van der Waals surface area contributed by atoms with Gasteiger partial charge in [0, 0.05) is 19.6 Å². The Morgan fingerprint density at radius 2 is 1.62 bits per heavy atom. The fraction of sp³-hybridized carbons (Fsp3) is 0.400. The van der Waals surface area contributed by atoms with Crippen LogP contribution in [0.25, 0.3) is 0 Å². The quantitative estimate of drug-likeness (QED) is 0.703. The number of amides is 3. The van der Waals surface area contributed by atoms with Gasteiger partial charge in [-0.05, 0) is 55.5 Å². The number of benzene rings is 2. The Balaban J connectivity index is 1.44. The molecule has 0 aromatic heterocycles. The van der Waals surface area contributed by atoms with E-state index in [1.54, 1.807) is 7.11 Å². The summed E-state index contributed by atoms with van der Waals surface area (Å²) in [5.41, 5.74) is 0.208. The van der Waals surface area contributed by atoms with E-state index in [-0.39, 0.29) is 24.9 Å². The molecule has 2 saturated heterocycles. The molecule has 0 spiro atoms. The summed E-state index contributed by atoms with van der Waals surface area (Å²) >= 11 is 0. The van der Waals surface area contributed by atoms with Gasteiger partial charge in [0.05, 0.1) is 7.11 Å². The highest BCUT2D eigenvalue weighted by Gasteiger charge is 2.43. The lowest BCUT2D eigenvalue weighted by molar-refractivity contribution is -0.141. The molecule has 180 valence electrons. The summed E-state index contributed by atoms with van der Waals surface area (Å²) in [5, 5.41) is 2.87. The van der Waals surface area contributed by atoms with E-state index in [2.05, 4.69) is 5.32 Å². The van der Waals surface area contributed by atoms with E-state index in [1.165, 1.54) is 15.9 Å². The second-order valence-electron chi connectivity index (χ2n) is 8.51. The van der Waals surface area contributed by atoms with Crippen LogP contribution in [-0.4, -0.2) is 59.8 Å². The zero-order valence-corrected chi connectivity index (χ0v) is 18.9. The van der Waals surface area contributed by atoms with E-state index in [4.69, 9.17) is 4.74 Å². The van der Waals surface area contributed by atoms with Crippen molar-refractivity contribution in [2.75, 3.05) is 20.2 Å². The molecule has 9 heteroatoms. The second-order valence-corrected chi connectivity index (χ2v) is 8.51. The summed E-state index contributed by atoms with van der Waals surface area (Å²) < 4.78 is 33.6. The van der Waals surface area contributed by atoms with Crippen LogP contribution >= 0.6 is 0 Å². The average Bonchev–Trinajstić information content (AvgIpc) is 3.52. The Kier molecular flexibility index (Phi) is 7.09. The van der Waals surface area contributed by atoms with Gasteiger partial charge in [-0.3, -0.25) is 14.4 Å². The number of halogens is 2. The van der Waals surface area contributed by atoms with Crippen LogP contribution in [0.15, 0.2) is 42.5 Å². The molecule has 2 aromatic rings. The molecule has 34 heavy (non-hydrogen) atoms. The molecular formula is C25H27F2N3O4. The van der Waals surface area contributed by atoms with Crippen LogP contribution in [0.3, 0.4) is 0 Å². The van der Waals surface area contributed by atoms with Gasteiger partial charge < -0.3 is 19.9 Å². The number of methoxy groups -OCH3 is 1. The fourth-order valence-electron chi connectivity index (χ4n) is 4.70. The summed E-state index contributed by atoms with van der Waals surface area (Å²) in [6, 6.07) is 9.05. The third-order valence-corrected chi connectivity index (χ3v) is 6.41. The van der Waals surface area contributed by atoms with Gasteiger partial charge in [-0.15, -0.1) is 0 Å². The van der Waals surface area contributed by atoms with E-state index in [9.17, 15) is 23.2 Å². The van der Waals surface area contributed by atoms with E-state index in [0.29, 0.717) is 38.0 Å². The second kappa shape index (κ2) is 10.2. The molecule has 3 amide bonds. The standard InChI is InChI=1S/C25H27F2N3O4/c1-34-17-7-2-6-16(14-17)15-28-23(31)20-10-4-12-29(20)24(32)21-11-5-13-30(21)25(33)22-18(26)8-3-9-19(22)27/h2-3,6-9,14,20-21H,4-5,10-13,15H2,1H3,(H,28,31)/t20-,21-/m1/s1. The minimum atomic E-state index is -0.959. The van der Waals surface area contributed by atoms with Crippen LogP contribution < -0.4 is 10.1 Å². The van der Waals surface area contributed by atoms with Crippen molar-refractivity contribution in [2.24, 2.45) is 0 Å². The van der Waals surface area contributed by atoms with Gasteiger partial charge >= 0.3 is 0 Å². The van der Waals surface area contributed by atoms with E-state index in [1.807, 2.05) is 24.3 Å². The summed E-state index contributed by atoms with van der Waals surface area (Å²) in [6.07, 6.45) is 2.10. The minimum absolute atomic E-state index is 0.226. The number of carbonyl (C=O) groups is 3. The molecule has 2 aliphatic heterocycles. The third kappa shape index (κ3) is 4.73. The molecule has 1 N–H and O–H groups in total. The first kappa shape index (κ1) is 23.7. The lowest BCUT2D eigenvalue weighted by Gasteiger charge is -2.31. The molecule has 2 aliphatic rings. The molecule has 2 atom stereocenters. The first-order chi connectivity index (χ1) is 16.4. The van der Waals surface area contributed by atoms with Crippen LogP contribution in [0.1, 0.15) is 41.6 Å². The number of rotatable bonds is 6. The predicted molar refractivity (Wildman–Crippen MR) is 120 cm³/mol. The van der Waals surface area contributed by atoms with Crippen molar-refractivity contribution in [2.45, 2.75) is 44.3 Å². The average molecular weight is 472 g/mol. The summed E-state index contributed by atoms with van der Waals surface area (Å²) in [7, 11) is 1.57. The summed E-state index contributed by atoms with van der Waals surface area (Å²) in [5.74, 6) is -2.71. The van der Waals surface area contributed by atoms with Crippen LogP contribution in [0, 0.1) is 11.6 Å². The Labute approximate surface area is 196 Å². The fourth-order valence-corrected chi connectivity index (χ4v) is 4.70. The maximum Gasteiger partial charge on any atom is 0.260 e. The van der Waals surface area contributed by atoms with Gasteiger partial charge in [-0.2, -0.15) is 0 Å². The molecule has 2 fully saturated rings. The largest absolute Gasteiger partial charge is 0.497 e. The highest BCUT2D eigenvalue weighted by atomic mass is 19.1. The number of nitrogens with one attached hydrogen (secondary N) is 1. The van der Waals surface area contributed by atoms with Crippen LogP contribution in [0.4, 0.5) is 8.78 Å². The van der Waals surface area contributed by atoms with Crippen molar-refractivity contribution in [3.8, 4) is 5.75 Å². The normalized spacial score (nSPS) is 19.9. The van der Waals surface area contributed by atoms with Crippen LogP contribution in [0.2, 0.25) is 0 Å². The molecule has 0 bridgehead atoms. The van der Waals surface area contributed by atoms with Gasteiger partial charge in [0.1, 0.15) is 35.0 Å². The van der Waals surface area contributed by atoms with Gasteiger partial charge in [0.15, 0.2) is 0 Å². The lowest BCUT2D eigenvalue weighted by Crippen LogP contribution is -2.53. The van der Waals surface area contributed by atoms with E-state index >= 15 is 0 Å². The number of nitrogens with zero attached hydrogens (tertiary/aromatic N) is 2. The number of likely N-dealkylation sites (tertiary alicyclic amines) is 2. The molecule has 2 heterocycles. The monoisotopic (exact) mass is 471 g/mol. The molecule has 0 unspecified atom stereocenters. The van der Waals surface area contributed by atoms with Crippen LogP contribution in [0.5, 0.6) is 5.75 Å². The van der Waals surface area contributed by atoms with Crippen LogP contribution in [-0.2, 0) is 16.1 Å². The van der Waals surface area contributed by atoms with Crippen molar-refractivity contribution >= 4 is 17.7 Å².